The Bertz CT molecular complexity index is 811. The molecule has 0 amide bonds. The molecule has 3 rings (SSSR count). The van der Waals surface area contributed by atoms with E-state index in [4.69, 9.17) is 11.6 Å². The van der Waals surface area contributed by atoms with E-state index in [0.29, 0.717) is 16.4 Å². The summed E-state index contributed by atoms with van der Waals surface area (Å²) in [6, 6.07) is 10.1. The molecule has 0 spiro atoms. The molecule has 3 aromatic rings. The third-order valence-corrected chi connectivity index (χ3v) is 3.61. The van der Waals surface area contributed by atoms with Crippen LogP contribution < -0.4 is 0 Å². The highest BCUT2D eigenvalue weighted by molar-refractivity contribution is 6.31. The zero-order valence-corrected chi connectivity index (χ0v) is 12.3. The highest BCUT2D eigenvalue weighted by Gasteiger charge is 2.15. The third kappa shape index (κ3) is 2.43. The summed E-state index contributed by atoms with van der Waals surface area (Å²) in [6.07, 6.45) is 0.944. The van der Waals surface area contributed by atoms with E-state index in [9.17, 15) is 10.2 Å². The van der Waals surface area contributed by atoms with Crippen molar-refractivity contribution in [1.29, 1.82) is 0 Å². The molecule has 1 heterocycles. The van der Waals surface area contributed by atoms with Crippen LogP contribution >= 0.6 is 11.6 Å². The second kappa shape index (κ2) is 5.30. The number of fused-ring (bicyclic) bond motifs is 1. The van der Waals surface area contributed by atoms with E-state index in [0.717, 1.165) is 24.0 Å². The number of nitrogens with zero attached hydrogens (tertiary/aromatic N) is 2. The number of aryl methyl sites for hydroxylation is 1. The largest absolute Gasteiger partial charge is 0.508 e. The van der Waals surface area contributed by atoms with Gasteiger partial charge in [-0.15, -0.1) is 0 Å². The molecule has 0 radical (unpaired) electrons. The molecular weight excluding hydrogens is 288 g/mol. The molecule has 0 aliphatic rings. The maximum Gasteiger partial charge on any atom is 0.144 e. The van der Waals surface area contributed by atoms with Crippen molar-refractivity contribution in [3.8, 4) is 22.9 Å². The Morgan fingerprint density at radius 1 is 1.14 bits per heavy atom. The maximum absolute atomic E-state index is 10.1. The molecule has 21 heavy (non-hydrogen) atoms. The Labute approximate surface area is 127 Å². The molecule has 0 unspecified atom stereocenters. The molecule has 2 aromatic carbocycles. The van der Waals surface area contributed by atoms with Crippen LogP contribution in [0.25, 0.3) is 22.4 Å². The van der Waals surface area contributed by atoms with Crippen LogP contribution in [0.1, 0.15) is 13.3 Å². The first-order valence-corrected chi connectivity index (χ1v) is 7.16. The summed E-state index contributed by atoms with van der Waals surface area (Å²) < 4.78 is 2.05. The maximum atomic E-state index is 10.1. The Balaban J connectivity index is 2.27. The van der Waals surface area contributed by atoms with Gasteiger partial charge in [-0.2, -0.15) is 0 Å². The van der Waals surface area contributed by atoms with Gasteiger partial charge < -0.3 is 14.8 Å². The first-order chi connectivity index (χ1) is 10.1. The number of aromatic hydroxyl groups is 2. The summed E-state index contributed by atoms with van der Waals surface area (Å²) >= 11 is 6.02. The summed E-state index contributed by atoms with van der Waals surface area (Å²) in [5, 5.41) is 20.1. The van der Waals surface area contributed by atoms with Crippen LogP contribution in [0.5, 0.6) is 11.5 Å². The van der Waals surface area contributed by atoms with Crippen LogP contribution in [0.15, 0.2) is 36.4 Å². The minimum absolute atomic E-state index is 0.00811. The lowest BCUT2D eigenvalue weighted by Crippen LogP contribution is -1.99. The van der Waals surface area contributed by atoms with Gasteiger partial charge in [0.05, 0.1) is 16.6 Å². The van der Waals surface area contributed by atoms with Gasteiger partial charge in [-0.3, -0.25) is 0 Å². The highest BCUT2D eigenvalue weighted by Crippen LogP contribution is 2.34. The molecule has 0 atom stereocenters. The summed E-state index contributed by atoms with van der Waals surface area (Å²) in [4.78, 5) is 4.59. The molecule has 108 valence electrons. The van der Waals surface area contributed by atoms with E-state index in [1.54, 1.807) is 6.07 Å². The summed E-state index contributed by atoms with van der Waals surface area (Å²) in [5.74, 6) is 0.706. The molecular formula is C16H15ClN2O2. The van der Waals surface area contributed by atoms with E-state index >= 15 is 0 Å². The SMILES string of the molecule is CCCn1c(-c2ccc(O)cc2O)nc2cc(Cl)ccc21. The van der Waals surface area contributed by atoms with E-state index < -0.39 is 0 Å². The van der Waals surface area contributed by atoms with Crippen molar-refractivity contribution in [2.75, 3.05) is 0 Å². The van der Waals surface area contributed by atoms with E-state index in [-0.39, 0.29) is 11.5 Å². The quantitative estimate of drug-likeness (QED) is 0.763. The lowest BCUT2D eigenvalue weighted by molar-refractivity contribution is 0.451. The van der Waals surface area contributed by atoms with Gasteiger partial charge in [-0.1, -0.05) is 18.5 Å². The van der Waals surface area contributed by atoms with Gasteiger partial charge in [-0.05, 0) is 36.8 Å². The van der Waals surface area contributed by atoms with E-state index in [1.807, 2.05) is 18.2 Å². The topological polar surface area (TPSA) is 58.3 Å². The number of benzene rings is 2. The highest BCUT2D eigenvalue weighted by atomic mass is 35.5. The first-order valence-electron chi connectivity index (χ1n) is 6.78. The predicted octanol–water partition coefficient (Wildman–Crippen LogP) is 4.18. The van der Waals surface area contributed by atoms with Crippen LogP contribution in [-0.2, 0) is 6.54 Å². The lowest BCUT2D eigenvalue weighted by atomic mass is 10.1. The molecule has 5 heteroatoms. The van der Waals surface area contributed by atoms with Gasteiger partial charge in [-0.25, -0.2) is 4.98 Å². The predicted molar refractivity (Wildman–Crippen MR) is 83.8 cm³/mol. The smallest absolute Gasteiger partial charge is 0.144 e. The van der Waals surface area contributed by atoms with Gasteiger partial charge in [0, 0.05) is 17.6 Å². The molecule has 0 saturated heterocycles. The van der Waals surface area contributed by atoms with Crippen molar-refractivity contribution in [3.63, 3.8) is 0 Å². The molecule has 2 N–H and O–H groups in total. The van der Waals surface area contributed by atoms with Crippen LogP contribution in [0.3, 0.4) is 0 Å². The fraction of sp³-hybridized carbons (Fsp3) is 0.188. The average molecular weight is 303 g/mol. The molecule has 0 saturated carbocycles. The second-order valence-electron chi connectivity index (χ2n) is 4.92. The second-order valence-corrected chi connectivity index (χ2v) is 5.36. The van der Waals surface area contributed by atoms with Crippen molar-refractivity contribution >= 4 is 22.6 Å². The van der Waals surface area contributed by atoms with Crippen molar-refractivity contribution in [3.05, 3.63) is 41.4 Å². The third-order valence-electron chi connectivity index (χ3n) is 3.38. The number of phenols is 2. The molecule has 0 fully saturated rings. The number of halogens is 1. The van der Waals surface area contributed by atoms with Gasteiger partial charge >= 0.3 is 0 Å². The number of rotatable bonds is 3. The number of phenolic OH excluding ortho intramolecular Hbond substituents is 2. The molecule has 1 aromatic heterocycles. The van der Waals surface area contributed by atoms with Crippen LogP contribution in [-0.4, -0.2) is 19.8 Å². The lowest BCUT2D eigenvalue weighted by Gasteiger charge is -2.09. The molecule has 4 nitrogen and oxygen atoms in total. The number of hydrogen-bond donors (Lipinski definition) is 2. The van der Waals surface area contributed by atoms with Crippen molar-refractivity contribution in [2.45, 2.75) is 19.9 Å². The Morgan fingerprint density at radius 2 is 1.95 bits per heavy atom. The Hall–Kier alpha value is -2.20. The summed E-state index contributed by atoms with van der Waals surface area (Å²) in [6.45, 7) is 2.87. The van der Waals surface area contributed by atoms with E-state index in [2.05, 4.69) is 16.5 Å². The van der Waals surface area contributed by atoms with Gasteiger partial charge in [0.1, 0.15) is 17.3 Å². The molecule has 0 aliphatic carbocycles. The minimum Gasteiger partial charge on any atom is -0.508 e. The van der Waals surface area contributed by atoms with Gasteiger partial charge in [0.2, 0.25) is 0 Å². The van der Waals surface area contributed by atoms with Crippen LogP contribution in [0.4, 0.5) is 0 Å². The first kappa shape index (κ1) is 13.8. The number of imidazole rings is 1. The molecule has 0 aliphatic heterocycles. The van der Waals surface area contributed by atoms with Crippen molar-refractivity contribution in [1.82, 2.24) is 9.55 Å². The summed E-state index contributed by atoms with van der Waals surface area (Å²) in [7, 11) is 0. The zero-order valence-electron chi connectivity index (χ0n) is 11.5. The average Bonchev–Trinajstić information content (AvgIpc) is 2.77. The zero-order chi connectivity index (χ0) is 15.0. The van der Waals surface area contributed by atoms with Crippen molar-refractivity contribution in [2.24, 2.45) is 0 Å². The van der Waals surface area contributed by atoms with Gasteiger partial charge in [0.15, 0.2) is 0 Å². The minimum atomic E-state index is 0.00811. The Morgan fingerprint density at radius 3 is 2.67 bits per heavy atom. The van der Waals surface area contributed by atoms with Crippen LogP contribution in [0.2, 0.25) is 5.02 Å². The molecule has 0 bridgehead atoms. The number of aromatic nitrogens is 2. The number of hydrogen-bond acceptors (Lipinski definition) is 3. The summed E-state index contributed by atoms with van der Waals surface area (Å²) in [5.41, 5.74) is 2.36. The van der Waals surface area contributed by atoms with Gasteiger partial charge in [0.25, 0.3) is 0 Å². The Kier molecular flexibility index (Phi) is 3.47. The normalized spacial score (nSPS) is 11.1. The van der Waals surface area contributed by atoms with E-state index in [1.165, 1.54) is 12.1 Å². The van der Waals surface area contributed by atoms with Crippen LogP contribution in [0, 0.1) is 0 Å². The fourth-order valence-corrected chi connectivity index (χ4v) is 2.63. The standard InChI is InChI=1S/C16H15ClN2O2/c1-2-7-19-14-6-3-10(17)8-13(14)18-16(19)12-5-4-11(20)9-15(12)21/h3-6,8-9,20-21H,2,7H2,1H3. The fourth-order valence-electron chi connectivity index (χ4n) is 2.47. The monoisotopic (exact) mass is 302 g/mol. The van der Waals surface area contributed by atoms with Crippen molar-refractivity contribution < 1.29 is 10.2 Å².